The maximum absolute atomic E-state index is 12.2. The van der Waals surface area contributed by atoms with Gasteiger partial charge in [0.1, 0.15) is 0 Å². The van der Waals surface area contributed by atoms with E-state index in [4.69, 9.17) is 16.7 Å². The second-order valence-corrected chi connectivity index (χ2v) is 5.10. The van der Waals surface area contributed by atoms with Gasteiger partial charge in [-0.05, 0) is 32.4 Å². The smallest absolute Gasteiger partial charge is 0.322 e. The largest absolute Gasteiger partial charge is 0.481 e. The van der Waals surface area contributed by atoms with Crippen molar-refractivity contribution in [3.8, 4) is 0 Å². The number of nitrogens with one attached hydrogen (secondary N) is 1. The molecule has 0 heterocycles. The molecule has 0 radical (unpaired) electrons. The molecule has 0 aliphatic heterocycles. The Morgan fingerprint density at radius 2 is 2.00 bits per heavy atom. The van der Waals surface area contributed by atoms with E-state index < -0.39 is 5.97 Å². The van der Waals surface area contributed by atoms with Crippen molar-refractivity contribution in [1.29, 1.82) is 0 Å². The van der Waals surface area contributed by atoms with Gasteiger partial charge in [0.15, 0.2) is 0 Å². The van der Waals surface area contributed by atoms with E-state index in [9.17, 15) is 9.59 Å². The molecule has 110 valence electrons. The fourth-order valence-corrected chi connectivity index (χ4v) is 1.93. The second kappa shape index (κ2) is 7.75. The number of hydrogen-bond donors (Lipinski definition) is 2. The van der Waals surface area contributed by atoms with Gasteiger partial charge in [-0.1, -0.05) is 23.7 Å². The monoisotopic (exact) mass is 298 g/mol. The fraction of sp³-hybridized carbons (Fsp3) is 0.429. The third kappa shape index (κ3) is 5.09. The first-order chi connectivity index (χ1) is 9.41. The van der Waals surface area contributed by atoms with Crippen LogP contribution in [0, 0.1) is 0 Å². The summed E-state index contributed by atoms with van der Waals surface area (Å²) in [5.74, 6) is -0.861. The minimum absolute atomic E-state index is 0.0220. The zero-order valence-corrected chi connectivity index (χ0v) is 12.4. The number of halogens is 1. The number of anilines is 1. The first kappa shape index (κ1) is 16.3. The van der Waals surface area contributed by atoms with E-state index in [-0.39, 0.29) is 18.5 Å². The van der Waals surface area contributed by atoms with Gasteiger partial charge >= 0.3 is 12.0 Å². The number of carboxylic acids is 1. The van der Waals surface area contributed by atoms with Gasteiger partial charge in [0, 0.05) is 19.0 Å². The summed E-state index contributed by atoms with van der Waals surface area (Å²) < 4.78 is 0. The molecular weight excluding hydrogens is 280 g/mol. The summed E-state index contributed by atoms with van der Waals surface area (Å²) >= 11 is 5.99. The summed E-state index contributed by atoms with van der Waals surface area (Å²) in [6.07, 6.45) is 0.464. The van der Waals surface area contributed by atoms with Crippen molar-refractivity contribution >= 4 is 29.3 Å². The molecular formula is C14H19ClN2O3. The Labute approximate surface area is 123 Å². The van der Waals surface area contributed by atoms with Gasteiger partial charge in [0.05, 0.1) is 10.7 Å². The standard InChI is InChI=1S/C14H19ClN2O3/c1-10(2)17(9-5-8-13(18)19)14(20)16-12-7-4-3-6-11(12)15/h3-4,6-7,10H,5,8-9H2,1-2H3,(H,16,20)(H,18,19). The Kier molecular flexibility index (Phi) is 6.31. The first-order valence-electron chi connectivity index (χ1n) is 6.45. The average molecular weight is 299 g/mol. The van der Waals surface area contributed by atoms with Crippen LogP contribution >= 0.6 is 11.6 Å². The molecule has 0 bridgehead atoms. The van der Waals surface area contributed by atoms with Crippen LogP contribution in [0.2, 0.25) is 5.02 Å². The molecule has 0 saturated carbocycles. The molecule has 2 amide bonds. The van der Waals surface area contributed by atoms with Crippen molar-refractivity contribution in [2.24, 2.45) is 0 Å². The van der Waals surface area contributed by atoms with E-state index in [0.717, 1.165) is 0 Å². The van der Waals surface area contributed by atoms with Crippen molar-refractivity contribution in [2.45, 2.75) is 32.7 Å². The lowest BCUT2D eigenvalue weighted by Crippen LogP contribution is -2.40. The van der Waals surface area contributed by atoms with Crippen LogP contribution in [0.5, 0.6) is 0 Å². The lowest BCUT2D eigenvalue weighted by molar-refractivity contribution is -0.137. The highest BCUT2D eigenvalue weighted by Crippen LogP contribution is 2.21. The zero-order chi connectivity index (χ0) is 15.1. The number of carbonyl (C=O) groups excluding carboxylic acids is 1. The first-order valence-corrected chi connectivity index (χ1v) is 6.83. The van der Waals surface area contributed by atoms with E-state index in [1.165, 1.54) is 0 Å². The number of rotatable bonds is 6. The lowest BCUT2D eigenvalue weighted by atomic mass is 10.2. The molecule has 0 unspecified atom stereocenters. The molecule has 0 aliphatic carbocycles. The third-order valence-corrected chi connectivity index (χ3v) is 3.12. The molecule has 2 N–H and O–H groups in total. The van der Waals surface area contributed by atoms with E-state index >= 15 is 0 Å². The number of hydrogen-bond acceptors (Lipinski definition) is 2. The van der Waals surface area contributed by atoms with Gasteiger partial charge in [0.25, 0.3) is 0 Å². The van der Waals surface area contributed by atoms with E-state index in [2.05, 4.69) is 5.32 Å². The highest BCUT2D eigenvalue weighted by Gasteiger charge is 2.17. The molecule has 6 heteroatoms. The topological polar surface area (TPSA) is 69.6 Å². The zero-order valence-electron chi connectivity index (χ0n) is 11.6. The number of carboxylic acid groups (broad SMARTS) is 1. The molecule has 20 heavy (non-hydrogen) atoms. The second-order valence-electron chi connectivity index (χ2n) is 4.69. The minimum atomic E-state index is -0.861. The van der Waals surface area contributed by atoms with Crippen LogP contribution in [0.15, 0.2) is 24.3 Å². The molecule has 1 aromatic rings. The van der Waals surface area contributed by atoms with Crippen LogP contribution in [0.1, 0.15) is 26.7 Å². The van der Waals surface area contributed by atoms with Crippen LogP contribution in [-0.2, 0) is 4.79 Å². The summed E-state index contributed by atoms with van der Waals surface area (Å²) in [7, 11) is 0. The molecule has 5 nitrogen and oxygen atoms in total. The van der Waals surface area contributed by atoms with Crippen molar-refractivity contribution in [2.75, 3.05) is 11.9 Å². The highest BCUT2D eigenvalue weighted by atomic mass is 35.5. The number of aliphatic carboxylic acids is 1. The summed E-state index contributed by atoms with van der Waals surface area (Å²) in [6, 6.07) is 6.68. The van der Waals surface area contributed by atoms with E-state index in [0.29, 0.717) is 23.7 Å². The molecule has 1 aromatic carbocycles. The van der Waals surface area contributed by atoms with Crippen LogP contribution in [-0.4, -0.2) is 34.6 Å². The van der Waals surface area contributed by atoms with Crippen LogP contribution in [0.4, 0.5) is 10.5 Å². The van der Waals surface area contributed by atoms with Crippen molar-refractivity contribution in [3.05, 3.63) is 29.3 Å². The Balaban J connectivity index is 2.65. The molecule has 0 fully saturated rings. The number of carbonyl (C=O) groups is 2. The molecule has 0 atom stereocenters. The van der Waals surface area contributed by atoms with Crippen molar-refractivity contribution in [1.82, 2.24) is 4.90 Å². The van der Waals surface area contributed by atoms with E-state index in [1.54, 1.807) is 29.2 Å². The van der Waals surface area contributed by atoms with Crippen LogP contribution in [0.3, 0.4) is 0 Å². The molecule has 1 rings (SSSR count). The van der Waals surface area contributed by atoms with Gasteiger partial charge in [-0.15, -0.1) is 0 Å². The minimum Gasteiger partial charge on any atom is -0.481 e. The van der Waals surface area contributed by atoms with Gasteiger partial charge in [-0.2, -0.15) is 0 Å². The maximum atomic E-state index is 12.2. The number of urea groups is 1. The third-order valence-electron chi connectivity index (χ3n) is 2.79. The van der Waals surface area contributed by atoms with Crippen molar-refractivity contribution < 1.29 is 14.7 Å². The maximum Gasteiger partial charge on any atom is 0.322 e. The van der Waals surface area contributed by atoms with Gasteiger partial charge in [-0.3, -0.25) is 4.79 Å². The number of benzene rings is 1. The Morgan fingerprint density at radius 1 is 1.35 bits per heavy atom. The van der Waals surface area contributed by atoms with Crippen LogP contribution in [0.25, 0.3) is 0 Å². The molecule has 0 saturated heterocycles. The lowest BCUT2D eigenvalue weighted by Gasteiger charge is -2.27. The fourth-order valence-electron chi connectivity index (χ4n) is 1.74. The summed E-state index contributed by atoms with van der Waals surface area (Å²) in [5, 5.41) is 11.8. The quantitative estimate of drug-likeness (QED) is 0.845. The Hall–Kier alpha value is -1.75. The SMILES string of the molecule is CC(C)N(CCCC(=O)O)C(=O)Nc1ccccc1Cl. The average Bonchev–Trinajstić information content (AvgIpc) is 2.36. The van der Waals surface area contributed by atoms with Gasteiger partial charge in [0.2, 0.25) is 0 Å². The number of amides is 2. The van der Waals surface area contributed by atoms with Crippen molar-refractivity contribution in [3.63, 3.8) is 0 Å². The summed E-state index contributed by atoms with van der Waals surface area (Å²) in [4.78, 5) is 24.3. The molecule has 0 aromatic heterocycles. The number of nitrogens with zero attached hydrogens (tertiary/aromatic N) is 1. The molecule has 0 spiro atoms. The normalized spacial score (nSPS) is 10.4. The highest BCUT2D eigenvalue weighted by molar-refractivity contribution is 6.33. The van der Waals surface area contributed by atoms with E-state index in [1.807, 2.05) is 13.8 Å². The summed E-state index contributed by atoms with van der Waals surface area (Å²) in [6.45, 7) is 4.15. The predicted octanol–water partition coefficient (Wildman–Crippen LogP) is 3.45. The Morgan fingerprint density at radius 3 is 2.55 bits per heavy atom. The van der Waals surface area contributed by atoms with Crippen LogP contribution < -0.4 is 5.32 Å². The number of para-hydroxylation sites is 1. The summed E-state index contributed by atoms with van der Waals surface area (Å²) in [5.41, 5.74) is 0.544. The Bertz CT molecular complexity index is 477. The van der Waals surface area contributed by atoms with Gasteiger partial charge in [-0.25, -0.2) is 4.79 Å². The predicted molar refractivity (Wildman–Crippen MR) is 79.2 cm³/mol. The van der Waals surface area contributed by atoms with Gasteiger partial charge < -0.3 is 15.3 Å². The molecule has 0 aliphatic rings.